The van der Waals surface area contributed by atoms with Crippen molar-refractivity contribution in [1.29, 1.82) is 0 Å². The molecule has 2 fully saturated rings. The number of nitrogen functional groups attached to an aromatic ring is 1. The molecular formula is C18H21NO2. The van der Waals surface area contributed by atoms with Gasteiger partial charge in [0.25, 0.3) is 0 Å². The average molecular weight is 283 g/mol. The number of hydrogen-bond acceptors (Lipinski definition) is 3. The van der Waals surface area contributed by atoms with Gasteiger partial charge < -0.3 is 15.2 Å². The summed E-state index contributed by atoms with van der Waals surface area (Å²) in [4.78, 5) is 0. The van der Waals surface area contributed by atoms with E-state index in [2.05, 4.69) is 12.1 Å². The molecular weight excluding hydrogens is 262 g/mol. The van der Waals surface area contributed by atoms with Gasteiger partial charge in [-0.3, -0.25) is 0 Å². The molecule has 0 bridgehead atoms. The van der Waals surface area contributed by atoms with Crippen molar-refractivity contribution < 1.29 is 9.47 Å². The second-order valence-electron chi connectivity index (χ2n) is 6.32. The lowest BCUT2D eigenvalue weighted by molar-refractivity contribution is -0.153. The summed E-state index contributed by atoms with van der Waals surface area (Å²) in [7, 11) is 0. The molecule has 1 aliphatic carbocycles. The van der Waals surface area contributed by atoms with E-state index in [0.717, 1.165) is 41.7 Å². The predicted octanol–water partition coefficient (Wildman–Crippen LogP) is 3.90. The molecule has 0 amide bonds. The van der Waals surface area contributed by atoms with Crippen LogP contribution in [-0.2, 0) is 4.74 Å². The molecule has 4 rings (SSSR count). The summed E-state index contributed by atoms with van der Waals surface area (Å²) in [5.74, 6) is 0.946. The number of ether oxygens (including phenoxy) is 2. The normalized spacial score (nSPS) is 23.9. The Bertz CT molecular complexity index is 663. The van der Waals surface area contributed by atoms with Crippen molar-refractivity contribution in [3.05, 3.63) is 36.4 Å². The molecule has 1 atom stereocenters. The Morgan fingerprint density at radius 3 is 2.67 bits per heavy atom. The van der Waals surface area contributed by atoms with Gasteiger partial charge in [-0.05, 0) is 31.4 Å². The maximum atomic E-state index is 6.32. The van der Waals surface area contributed by atoms with E-state index in [4.69, 9.17) is 15.2 Å². The van der Waals surface area contributed by atoms with Gasteiger partial charge in [0.1, 0.15) is 11.9 Å². The molecule has 1 aliphatic heterocycles. The molecule has 0 radical (unpaired) electrons. The van der Waals surface area contributed by atoms with Gasteiger partial charge in [-0.25, -0.2) is 0 Å². The van der Waals surface area contributed by atoms with Crippen LogP contribution in [0.15, 0.2) is 36.4 Å². The maximum Gasteiger partial charge on any atom is 0.127 e. The molecule has 2 N–H and O–H groups in total. The van der Waals surface area contributed by atoms with Crippen molar-refractivity contribution in [3.8, 4) is 5.75 Å². The zero-order chi connectivity index (χ0) is 14.3. The van der Waals surface area contributed by atoms with Crippen molar-refractivity contribution in [3.63, 3.8) is 0 Å². The average Bonchev–Trinajstić information content (AvgIpc) is 2.49. The van der Waals surface area contributed by atoms with E-state index in [1.54, 1.807) is 0 Å². The Morgan fingerprint density at radius 2 is 1.90 bits per heavy atom. The SMILES string of the molecule is Nc1ccc(OC2CCOC3(CCC3)C2)c2ccccc12. The summed E-state index contributed by atoms with van der Waals surface area (Å²) in [5, 5.41) is 2.17. The molecule has 1 spiro atoms. The highest BCUT2D eigenvalue weighted by molar-refractivity contribution is 5.96. The minimum atomic E-state index is 0.118. The topological polar surface area (TPSA) is 44.5 Å². The van der Waals surface area contributed by atoms with E-state index in [-0.39, 0.29) is 11.7 Å². The minimum absolute atomic E-state index is 0.118. The molecule has 1 heterocycles. The molecule has 3 nitrogen and oxygen atoms in total. The largest absolute Gasteiger partial charge is 0.490 e. The maximum absolute atomic E-state index is 6.32. The number of anilines is 1. The first-order valence-electron chi connectivity index (χ1n) is 7.84. The minimum Gasteiger partial charge on any atom is -0.490 e. The summed E-state index contributed by atoms with van der Waals surface area (Å²) < 4.78 is 12.3. The van der Waals surface area contributed by atoms with Gasteiger partial charge in [0.15, 0.2) is 0 Å². The summed E-state index contributed by atoms with van der Waals surface area (Å²) in [6.07, 6.45) is 5.92. The molecule has 2 aromatic rings. The van der Waals surface area contributed by atoms with Crippen LogP contribution < -0.4 is 10.5 Å². The number of rotatable bonds is 2. The molecule has 2 aromatic carbocycles. The first-order valence-corrected chi connectivity index (χ1v) is 7.84. The van der Waals surface area contributed by atoms with E-state index >= 15 is 0 Å². The number of benzene rings is 2. The predicted molar refractivity (Wildman–Crippen MR) is 84.5 cm³/mol. The number of fused-ring (bicyclic) bond motifs is 1. The van der Waals surface area contributed by atoms with E-state index in [0.29, 0.717) is 0 Å². The van der Waals surface area contributed by atoms with Crippen LogP contribution in [-0.4, -0.2) is 18.3 Å². The lowest BCUT2D eigenvalue weighted by atomic mass is 9.74. The molecule has 1 saturated carbocycles. The van der Waals surface area contributed by atoms with E-state index in [9.17, 15) is 0 Å². The van der Waals surface area contributed by atoms with Crippen LogP contribution in [0.25, 0.3) is 10.8 Å². The van der Waals surface area contributed by atoms with Gasteiger partial charge in [-0.15, -0.1) is 0 Å². The fourth-order valence-electron chi connectivity index (χ4n) is 3.58. The first kappa shape index (κ1) is 13.0. The quantitative estimate of drug-likeness (QED) is 0.850. The molecule has 110 valence electrons. The number of hydrogen-bond donors (Lipinski definition) is 1. The molecule has 21 heavy (non-hydrogen) atoms. The summed E-state index contributed by atoms with van der Waals surface area (Å²) in [6.45, 7) is 0.817. The monoisotopic (exact) mass is 283 g/mol. The third kappa shape index (κ3) is 2.26. The Morgan fingerprint density at radius 1 is 1.10 bits per heavy atom. The molecule has 3 heteroatoms. The Kier molecular flexibility index (Phi) is 3.03. The van der Waals surface area contributed by atoms with Gasteiger partial charge >= 0.3 is 0 Å². The van der Waals surface area contributed by atoms with Crippen LogP contribution in [0.3, 0.4) is 0 Å². The van der Waals surface area contributed by atoms with Gasteiger partial charge in [0.2, 0.25) is 0 Å². The lowest BCUT2D eigenvalue weighted by Gasteiger charge is -2.47. The fourth-order valence-corrected chi connectivity index (χ4v) is 3.58. The van der Waals surface area contributed by atoms with E-state index in [1.165, 1.54) is 19.3 Å². The van der Waals surface area contributed by atoms with Crippen LogP contribution in [0, 0.1) is 0 Å². The standard InChI is InChI=1S/C18H21NO2/c19-16-6-7-17(15-5-2-1-4-14(15)16)21-13-8-11-20-18(12-13)9-3-10-18/h1-2,4-7,13H,3,8-12,19H2. The second kappa shape index (κ2) is 4.92. The smallest absolute Gasteiger partial charge is 0.127 e. The zero-order valence-corrected chi connectivity index (χ0v) is 12.2. The van der Waals surface area contributed by atoms with Gasteiger partial charge in [-0.2, -0.15) is 0 Å². The van der Waals surface area contributed by atoms with Crippen molar-refractivity contribution in [2.45, 2.75) is 43.8 Å². The Hall–Kier alpha value is -1.74. The van der Waals surface area contributed by atoms with Crippen LogP contribution in [0.4, 0.5) is 5.69 Å². The Labute approximate surface area is 125 Å². The lowest BCUT2D eigenvalue weighted by Crippen LogP contribution is -2.48. The van der Waals surface area contributed by atoms with Gasteiger partial charge in [0, 0.05) is 29.3 Å². The first-order chi connectivity index (χ1) is 10.3. The summed E-state index contributed by atoms with van der Waals surface area (Å²) in [5.41, 5.74) is 6.98. The highest BCUT2D eigenvalue weighted by atomic mass is 16.5. The van der Waals surface area contributed by atoms with Crippen molar-refractivity contribution >= 4 is 16.5 Å². The van der Waals surface area contributed by atoms with Crippen molar-refractivity contribution in [1.82, 2.24) is 0 Å². The zero-order valence-electron chi connectivity index (χ0n) is 12.2. The second-order valence-corrected chi connectivity index (χ2v) is 6.32. The molecule has 1 unspecified atom stereocenters. The van der Waals surface area contributed by atoms with Crippen molar-refractivity contribution in [2.75, 3.05) is 12.3 Å². The highest BCUT2D eigenvalue weighted by Crippen LogP contribution is 2.43. The Balaban J connectivity index is 1.61. The van der Waals surface area contributed by atoms with Crippen LogP contribution in [0.1, 0.15) is 32.1 Å². The summed E-state index contributed by atoms with van der Waals surface area (Å²) in [6, 6.07) is 12.1. The van der Waals surface area contributed by atoms with Crippen molar-refractivity contribution in [2.24, 2.45) is 0 Å². The summed E-state index contributed by atoms with van der Waals surface area (Å²) >= 11 is 0. The third-order valence-corrected chi connectivity index (χ3v) is 4.92. The number of nitrogens with two attached hydrogens (primary N) is 1. The van der Waals surface area contributed by atoms with Crippen LogP contribution in [0.2, 0.25) is 0 Å². The molecule has 0 aromatic heterocycles. The van der Waals surface area contributed by atoms with Gasteiger partial charge in [-0.1, -0.05) is 24.3 Å². The highest BCUT2D eigenvalue weighted by Gasteiger charge is 2.43. The van der Waals surface area contributed by atoms with Crippen LogP contribution >= 0.6 is 0 Å². The molecule has 2 aliphatic rings. The van der Waals surface area contributed by atoms with E-state index in [1.807, 2.05) is 24.3 Å². The van der Waals surface area contributed by atoms with Crippen LogP contribution in [0.5, 0.6) is 5.75 Å². The molecule has 1 saturated heterocycles. The van der Waals surface area contributed by atoms with Gasteiger partial charge in [0.05, 0.1) is 12.2 Å². The third-order valence-electron chi connectivity index (χ3n) is 4.92. The fraction of sp³-hybridized carbons (Fsp3) is 0.444. The van der Waals surface area contributed by atoms with E-state index < -0.39 is 0 Å².